The first-order chi connectivity index (χ1) is 29.5. The van der Waals surface area contributed by atoms with E-state index < -0.39 is 11.8 Å². The monoisotopic (exact) mass is 821 g/mol. The Morgan fingerprint density at radius 3 is 0.767 bits per heavy atom. The Hall–Kier alpha value is -5.50. The molecule has 0 radical (unpaired) electrons. The van der Waals surface area contributed by atoms with E-state index in [1.807, 2.05) is 12.2 Å². The molecule has 0 rings (SSSR count). The van der Waals surface area contributed by atoms with Crippen molar-refractivity contribution in [3.05, 3.63) is 158 Å². The number of hydrogen-bond acceptors (Lipinski definition) is 4. The molecule has 0 aliphatic rings. The van der Waals surface area contributed by atoms with Crippen LogP contribution in [-0.4, -0.2) is 49.8 Å². The third-order valence-corrected chi connectivity index (χ3v) is 8.15. The first kappa shape index (κ1) is 54.5. The number of nitrogens with one attached hydrogen (secondary N) is 4. The van der Waals surface area contributed by atoms with Crippen molar-refractivity contribution in [1.82, 2.24) is 21.3 Å². The lowest BCUT2D eigenvalue weighted by atomic mass is 10.2. The van der Waals surface area contributed by atoms with Crippen LogP contribution in [0.4, 0.5) is 0 Å². The van der Waals surface area contributed by atoms with Crippen molar-refractivity contribution in [2.75, 3.05) is 26.2 Å². The topological polar surface area (TPSA) is 116 Å². The first-order valence-corrected chi connectivity index (χ1v) is 22.1. The molecule has 0 aromatic heterocycles. The number of allylic oxidation sites excluding steroid dienone is 24. The predicted molar refractivity (Wildman–Crippen MR) is 256 cm³/mol. The number of rotatable bonds is 36. The molecule has 0 unspecified atom stereocenters. The zero-order valence-corrected chi connectivity index (χ0v) is 36.8. The molecule has 328 valence electrons. The van der Waals surface area contributed by atoms with E-state index in [9.17, 15) is 19.2 Å². The van der Waals surface area contributed by atoms with Gasteiger partial charge in [-0.05, 0) is 89.9 Å². The minimum absolute atomic E-state index is 0.0838. The van der Waals surface area contributed by atoms with Crippen LogP contribution < -0.4 is 21.3 Å². The van der Waals surface area contributed by atoms with Crippen molar-refractivity contribution in [2.24, 2.45) is 0 Å². The summed E-state index contributed by atoms with van der Waals surface area (Å²) in [6.07, 6.45) is 67.4. The van der Waals surface area contributed by atoms with Crippen molar-refractivity contribution in [2.45, 2.75) is 117 Å². The number of hydrogen-bond donors (Lipinski definition) is 4. The van der Waals surface area contributed by atoms with Gasteiger partial charge >= 0.3 is 0 Å². The van der Waals surface area contributed by atoms with Crippen molar-refractivity contribution in [3.63, 3.8) is 0 Å². The molecule has 0 heterocycles. The average Bonchev–Trinajstić information content (AvgIpc) is 3.24. The van der Waals surface area contributed by atoms with E-state index in [0.717, 1.165) is 89.2 Å². The van der Waals surface area contributed by atoms with Gasteiger partial charge in [0.1, 0.15) is 0 Å². The molecule has 0 aliphatic heterocycles. The molecule has 0 atom stereocenters. The lowest BCUT2D eigenvalue weighted by Crippen LogP contribution is -2.35. The Morgan fingerprint density at radius 1 is 0.300 bits per heavy atom. The summed E-state index contributed by atoms with van der Waals surface area (Å²) >= 11 is 0. The maximum absolute atomic E-state index is 12.0. The maximum Gasteiger partial charge on any atom is 0.244 e. The summed E-state index contributed by atoms with van der Waals surface area (Å²) in [5.41, 5.74) is 0. The van der Waals surface area contributed by atoms with E-state index in [-0.39, 0.29) is 24.9 Å². The normalized spacial score (nSPS) is 12.9. The summed E-state index contributed by atoms with van der Waals surface area (Å²) in [4.78, 5) is 48.1. The minimum Gasteiger partial charge on any atom is -0.354 e. The Bertz CT molecular complexity index is 1400. The van der Waals surface area contributed by atoms with Crippen LogP contribution >= 0.6 is 0 Å². The smallest absolute Gasteiger partial charge is 0.244 e. The highest BCUT2D eigenvalue weighted by Gasteiger charge is 2.02. The second kappa shape index (κ2) is 46.2. The summed E-state index contributed by atoms with van der Waals surface area (Å²) in [7, 11) is 0. The minimum atomic E-state index is -0.430. The van der Waals surface area contributed by atoms with Crippen molar-refractivity contribution in [1.29, 1.82) is 0 Å². The zero-order valence-electron chi connectivity index (χ0n) is 36.8. The number of carbonyl (C=O) groups excluding carboxylic acids is 4. The van der Waals surface area contributed by atoms with E-state index in [4.69, 9.17) is 0 Å². The molecular weight excluding hydrogens is 745 g/mol. The van der Waals surface area contributed by atoms with Gasteiger partial charge in [-0.2, -0.15) is 0 Å². The molecule has 4 N–H and O–H groups in total. The highest BCUT2D eigenvalue weighted by atomic mass is 16.2. The number of carbonyl (C=O) groups is 4. The van der Waals surface area contributed by atoms with Gasteiger partial charge in [-0.15, -0.1) is 0 Å². The summed E-state index contributed by atoms with van der Waals surface area (Å²) in [5.74, 6) is -1.03. The highest BCUT2D eigenvalue weighted by molar-refractivity contribution is 5.96. The molecule has 0 aliphatic carbocycles. The molecule has 0 aromatic carbocycles. The van der Waals surface area contributed by atoms with Crippen LogP contribution in [0.15, 0.2) is 158 Å². The van der Waals surface area contributed by atoms with Crippen molar-refractivity contribution in [3.8, 4) is 0 Å². The van der Waals surface area contributed by atoms with Crippen LogP contribution in [0.25, 0.3) is 0 Å². The van der Waals surface area contributed by atoms with Gasteiger partial charge in [-0.1, -0.05) is 160 Å². The van der Waals surface area contributed by atoms with E-state index in [1.165, 1.54) is 0 Å². The van der Waals surface area contributed by atoms with Crippen LogP contribution in [0.5, 0.6) is 0 Å². The summed E-state index contributed by atoms with van der Waals surface area (Å²) in [5, 5.41) is 10.8. The average molecular weight is 821 g/mol. The van der Waals surface area contributed by atoms with E-state index in [1.54, 1.807) is 0 Å². The van der Waals surface area contributed by atoms with Crippen molar-refractivity contribution < 1.29 is 19.2 Å². The van der Waals surface area contributed by atoms with Gasteiger partial charge in [0, 0.05) is 51.2 Å². The molecular formula is C52H76N4O4. The fourth-order valence-corrected chi connectivity index (χ4v) is 4.93. The van der Waals surface area contributed by atoms with Crippen LogP contribution in [0.2, 0.25) is 0 Å². The second-order valence-electron chi connectivity index (χ2n) is 13.5. The van der Waals surface area contributed by atoms with Crippen LogP contribution in [0.1, 0.15) is 117 Å². The quantitative estimate of drug-likeness (QED) is 0.0286. The Labute approximate surface area is 363 Å². The molecule has 4 amide bonds. The van der Waals surface area contributed by atoms with Gasteiger partial charge in [-0.25, -0.2) is 0 Å². The number of amides is 4. The summed E-state index contributed by atoms with van der Waals surface area (Å²) in [6, 6.07) is 0. The lowest BCUT2D eigenvalue weighted by Gasteiger charge is -2.05. The largest absolute Gasteiger partial charge is 0.354 e. The van der Waals surface area contributed by atoms with Crippen LogP contribution in [0.3, 0.4) is 0 Å². The molecule has 8 heteroatoms. The Morgan fingerprint density at radius 2 is 0.517 bits per heavy atom. The predicted octanol–water partition coefficient (Wildman–Crippen LogP) is 11.0. The molecule has 0 fully saturated rings. The third-order valence-electron chi connectivity index (χ3n) is 8.15. The van der Waals surface area contributed by atoms with Gasteiger partial charge in [0.25, 0.3) is 0 Å². The van der Waals surface area contributed by atoms with E-state index in [0.29, 0.717) is 38.8 Å². The SMILES string of the molecule is CCC=CCC=CCC=CCC=CCC=CCC=CCCC(=O)NCCNC(=O)C=CC(=O)NCCNC(=O)CCC=CCC=CCC=CCC=CCC=CCC=CCC. The highest BCUT2D eigenvalue weighted by Crippen LogP contribution is 2.00. The zero-order chi connectivity index (χ0) is 43.7. The van der Waals surface area contributed by atoms with E-state index in [2.05, 4.69) is 169 Å². The summed E-state index contributed by atoms with van der Waals surface area (Å²) in [6.45, 7) is 5.39. The van der Waals surface area contributed by atoms with Crippen LogP contribution in [-0.2, 0) is 19.2 Å². The maximum atomic E-state index is 12.0. The standard InChI is InChI=1S/C52H76N4O4/c1-3-5-7-9-11-13-15-17-19-21-23-25-27-29-31-33-35-37-39-41-49(57)53-45-47-55-51(59)43-44-52(60)56-48-46-54-50(58)42-40-38-36-34-32-30-28-26-24-22-20-18-16-14-12-10-8-6-4-2/h5-8,11-14,17-20,23-26,29-32,35-38,43-44H,3-4,9-10,15-16,21-22,27-28,33-34,39-42,45-48H2,1-2H3,(H,53,57)(H,54,58)(H,55,59)(H,56,60). The Kier molecular flexibility index (Phi) is 42.0. The molecule has 8 nitrogen and oxygen atoms in total. The van der Waals surface area contributed by atoms with Crippen LogP contribution in [0, 0.1) is 0 Å². The fraction of sp³-hybridized carbons (Fsp3) is 0.423. The molecule has 0 spiro atoms. The molecule has 60 heavy (non-hydrogen) atoms. The second-order valence-corrected chi connectivity index (χ2v) is 13.5. The fourth-order valence-electron chi connectivity index (χ4n) is 4.93. The van der Waals surface area contributed by atoms with Crippen molar-refractivity contribution >= 4 is 23.6 Å². The lowest BCUT2D eigenvalue weighted by molar-refractivity contribution is -0.122. The summed E-state index contributed by atoms with van der Waals surface area (Å²) < 4.78 is 0. The molecule has 0 saturated carbocycles. The molecule has 0 aromatic rings. The van der Waals surface area contributed by atoms with E-state index >= 15 is 0 Å². The molecule has 0 saturated heterocycles. The van der Waals surface area contributed by atoms with Gasteiger partial charge in [0.15, 0.2) is 0 Å². The molecule has 0 bridgehead atoms. The van der Waals surface area contributed by atoms with Gasteiger partial charge < -0.3 is 21.3 Å². The van der Waals surface area contributed by atoms with Gasteiger partial charge in [0.05, 0.1) is 0 Å². The van der Waals surface area contributed by atoms with Gasteiger partial charge in [0.2, 0.25) is 23.6 Å². The first-order valence-electron chi connectivity index (χ1n) is 22.1. The Balaban J connectivity index is 3.77. The van der Waals surface area contributed by atoms with Gasteiger partial charge in [-0.3, -0.25) is 19.2 Å². The third kappa shape index (κ3) is 45.2.